The molecule has 0 aromatic carbocycles. The number of nitrogens with two attached hydrogens (primary N) is 1. The lowest BCUT2D eigenvalue weighted by Gasteiger charge is -2.47. The van der Waals surface area contributed by atoms with Gasteiger partial charge in [-0.2, -0.15) is 0 Å². The Hall–Kier alpha value is -0.0800. The second-order valence-electron chi connectivity index (χ2n) is 6.68. The van der Waals surface area contributed by atoms with Crippen LogP contribution in [0.1, 0.15) is 64.2 Å². The molecule has 0 spiro atoms. The summed E-state index contributed by atoms with van der Waals surface area (Å²) in [4.78, 5) is 2.85. The van der Waals surface area contributed by atoms with Crippen molar-refractivity contribution in [2.45, 2.75) is 75.8 Å². The molecular weight excluding hydrogens is 208 g/mol. The molecule has 3 fully saturated rings. The quantitative estimate of drug-likeness (QED) is 0.799. The van der Waals surface area contributed by atoms with E-state index in [1.54, 1.807) is 0 Å². The maximum absolute atomic E-state index is 6.23. The van der Waals surface area contributed by atoms with Crippen LogP contribution in [0.5, 0.6) is 0 Å². The molecule has 1 heterocycles. The van der Waals surface area contributed by atoms with Crippen LogP contribution in [0.25, 0.3) is 0 Å². The van der Waals surface area contributed by atoms with Gasteiger partial charge in [-0.05, 0) is 38.0 Å². The number of piperidine rings is 1. The summed E-state index contributed by atoms with van der Waals surface area (Å²) >= 11 is 0. The Morgan fingerprint density at radius 1 is 1.00 bits per heavy atom. The zero-order chi connectivity index (χ0) is 11.7. The molecule has 2 atom stereocenters. The average Bonchev–Trinajstić information content (AvgIpc) is 2.92. The maximum atomic E-state index is 6.23. The summed E-state index contributed by atoms with van der Waals surface area (Å²) < 4.78 is 0. The minimum atomic E-state index is 0.389. The third-order valence-corrected chi connectivity index (χ3v) is 5.68. The van der Waals surface area contributed by atoms with Gasteiger partial charge in [0, 0.05) is 24.7 Å². The highest BCUT2D eigenvalue weighted by Crippen LogP contribution is 2.44. The van der Waals surface area contributed by atoms with Gasteiger partial charge in [-0.3, -0.25) is 4.90 Å². The molecule has 0 aromatic heterocycles. The fourth-order valence-electron chi connectivity index (χ4n) is 4.68. The molecule has 2 nitrogen and oxygen atoms in total. The second-order valence-corrected chi connectivity index (χ2v) is 6.68. The van der Waals surface area contributed by atoms with E-state index in [1.807, 2.05) is 0 Å². The molecule has 98 valence electrons. The fourth-order valence-corrected chi connectivity index (χ4v) is 4.68. The van der Waals surface area contributed by atoms with Crippen LogP contribution in [0, 0.1) is 5.92 Å². The van der Waals surface area contributed by atoms with Gasteiger partial charge < -0.3 is 5.73 Å². The first-order chi connectivity index (χ1) is 8.34. The zero-order valence-corrected chi connectivity index (χ0v) is 11.2. The summed E-state index contributed by atoms with van der Waals surface area (Å²) in [7, 11) is 0. The predicted octanol–water partition coefficient (Wildman–Crippen LogP) is 2.91. The van der Waals surface area contributed by atoms with E-state index in [9.17, 15) is 0 Å². The molecule has 0 radical (unpaired) electrons. The van der Waals surface area contributed by atoms with Gasteiger partial charge >= 0.3 is 0 Å². The molecule has 2 heteroatoms. The summed E-state index contributed by atoms with van der Waals surface area (Å²) in [5, 5.41) is 0. The standard InChI is InChI=1S/C15H28N2/c16-12-15(8-4-2-1-3-5-9-15)17-11-13-6-7-14(17)10-13/h13-14H,1-12,16H2. The van der Waals surface area contributed by atoms with Crippen molar-refractivity contribution in [3.8, 4) is 0 Å². The van der Waals surface area contributed by atoms with Crippen molar-refractivity contribution in [3.05, 3.63) is 0 Å². The summed E-state index contributed by atoms with van der Waals surface area (Å²) in [5.74, 6) is 1.01. The van der Waals surface area contributed by atoms with Crippen molar-refractivity contribution in [2.75, 3.05) is 13.1 Å². The van der Waals surface area contributed by atoms with Gasteiger partial charge in [0.2, 0.25) is 0 Å². The van der Waals surface area contributed by atoms with E-state index in [0.717, 1.165) is 18.5 Å². The smallest absolute Gasteiger partial charge is 0.0334 e. The monoisotopic (exact) mass is 236 g/mol. The van der Waals surface area contributed by atoms with Crippen molar-refractivity contribution in [3.63, 3.8) is 0 Å². The van der Waals surface area contributed by atoms with Crippen LogP contribution < -0.4 is 5.73 Å². The fraction of sp³-hybridized carbons (Fsp3) is 1.00. The average molecular weight is 236 g/mol. The van der Waals surface area contributed by atoms with E-state index in [1.165, 1.54) is 70.8 Å². The van der Waals surface area contributed by atoms with E-state index < -0.39 is 0 Å². The SMILES string of the molecule is NCC1(N2CC3CCC2C3)CCCCCCC1. The Morgan fingerprint density at radius 2 is 1.71 bits per heavy atom. The molecule has 2 N–H and O–H groups in total. The van der Waals surface area contributed by atoms with Gasteiger partial charge in [-0.25, -0.2) is 0 Å². The molecule has 1 aliphatic heterocycles. The van der Waals surface area contributed by atoms with Crippen molar-refractivity contribution in [2.24, 2.45) is 11.7 Å². The second kappa shape index (κ2) is 4.89. The van der Waals surface area contributed by atoms with E-state index in [-0.39, 0.29) is 0 Å². The normalized spacial score (nSPS) is 37.9. The lowest BCUT2D eigenvalue weighted by Crippen LogP contribution is -2.56. The van der Waals surface area contributed by atoms with Crippen molar-refractivity contribution < 1.29 is 0 Å². The third-order valence-electron chi connectivity index (χ3n) is 5.68. The Kier molecular flexibility index (Phi) is 3.45. The van der Waals surface area contributed by atoms with Crippen LogP contribution in [0.15, 0.2) is 0 Å². The minimum absolute atomic E-state index is 0.389. The van der Waals surface area contributed by atoms with Gasteiger partial charge in [-0.1, -0.05) is 32.1 Å². The van der Waals surface area contributed by atoms with Gasteiger partial charge in [-0.15, -0.1) is 0 Å². The van der Waals surface area contributed by atoms with Gasteiger partial charge in [0.05, 0.1) is 0 Å². The Labute approximate surface area is 106 Å². The van der Waals surface area contributed by atoms with Gasteiger partial charge in [0.25, 0.3) is 0 Å². The zero-order valence-electron chi connectivity index (χ0n) is 11.2. The van der Waals surface area contributed by atoms with Crippen molar-refractivity contribution in [1.82, 2.24) is 4.90 Å². The molecule has 2 aliphatic carbocycles. The number of nitrogens with zero attached hydrogens (tertiary/aromatic N) is 1. The summed E-state index contributed by atoms with van der Waals surface area (Å²) in [6.45, 7) is 2.26. The number of hydrogen-bond donors (Lipinski definition) is 1. The highest BCUT2D eigenvalue weighted by atomic mass is 15.3. The van der Waals surface area contributed by atoms with E-state index in [2.05, 4.69) is 4.90 Å². The largest absolute Gasteiger partial charge is 0.329 e. The lowest BCUT2D eigenvalue weighted by molar-refractivity contribution is 0.0382. The highest BCUT2D eigenvalue weighted by Gasteiger charge is 2.47. The molecule has 2 bridgehead atoms. The molecular formula is C15H28N2. The number of rotatable bonds is 2. The first kappa shape index (κ1) is 12.0. The van der Waals surface area contributed by atoms with Crippen LogP contribution in [-0.2, 0) is 0 Å². The predicted molar refractivity (Wildman–Crippen MR) is 71.9 cm³/mol. The van der Waals surface area contributed by atoms with E-state index in [0.29, 0.717) is 5.54 Å². The number of hydrogen-bond acceptors (Lipinski definition) is 2. The number of fused-ring (bicyclic) bond motifs is 2. The molecule has 17 heavy (non-hydrogen) atoms. The van der Waals surface area contributed by atoms with E-state index in [4.69, 9.17) is 5.73 Å². The van der Waals surface area contributed by atoms with Crippen molar-refractivity contribution >= 4 is 0 Å². The molecule has 0 aromatic rings. The first-order valence-corrected chi connectivity index (χ1v) is 7.81. The Morgan fingerprint density at radius 3 is 2.24 bits per heavy atom. The van der Waals surface area contributed by atoms with Crippen LogP contribution in [-0.4, -0.2) is 29.6 Å². The Bertz CT molecular complexity index is 256. The molecule has 2 saturated carbocycles. The van der Waals surface area contributed by atoms with E-state index >= 15 is 0 Å². The molecule has 3 rings (SSSR count). The minimum Gasteiger partial charge on any atom is -0.329 e. The van der Waals surface area contributed by atoms with Crippen LogP contribution in [0.3, 0.4) is 0 Å². The Balaban J connectivity index is 1.75. The summed E-state index contributed by atoms with van der Waals surface area (Å²) in [6.07, 6.45) is 14.3. The third kappa shape index (κ3) is 2.15. The molecule has 0 amide bonds. The van der Waals surface area contributed by atoms with Crippen LogP contribution in [0.2, 0.25) is 0 Å². The summed E-state index contributed by atoms with van der Waals surface area (Å²) in [6, 6.07) is 0.892. The maximum Gasteiger partial charge on any atom is 0.0334 e. The van der Waals surface area contributed by atoms with Crippen molar-refractivity contribution in [1.29, 1.82) is 0 Å². The highest BCUT2D eigenvalue weighted by molar-refractivity contribution is 5.03. The topological polar surface area (TPSA) is 29.3 Å². The molecule has 2 unspecified atom stereocenters. The lowest BCUT2D eigenvalue weighted by atomic mass is 9.81. The van der Waals surface area contributed by atoms with Gasteiger partial charge in [0.15, 0.2) is 0 Å². The van der Waals surface area contributed by atoms with Crippen LogP contribution >= 0.6 is 0 Å². The molecule has 3 aliphatic rings. The first-order valence-electron chi connectivity index (χ1n) is 7.81. The number of likely N-dealkylation sites (tertiary alicyclic amines) is 1. The summed E-state index contributed by atoms with van der Waals surface area (Å²) in [5.41, 5.74) is 6.62. The van der Waals surface area contributed by atoms with Gasteiger partial charge in [0.1, 0.15) is 0 Å². The van der Waals surface area contributed by atoms with Crippen LogP contribution in [0.4, 0.5) is 0 Å². The molecule has 1 saturated heterocycles.